The monoisotopic (exact) mass is 562 g/mol. The summed E-state index contributed by atoms with van der Waals surface area (Å²) >= 11 is 0. The summed E-state index contributed by atoms with van der Waals surface area (Å²) in [6.07, 6.45) is 2.54. The van der Waals surface area contributed by atoms with E-state index >= 15 is 0 Å². The van der Waals surface area contributed by atoms with Crippen molar-refractivity contribution in [2.45, 2.75) is 32.2 Å². The van der Waals surface area contributed by atoms with Gasteiger partial charge in [0.1, 0.15) is 5.75 Å². The van der Waals surface area contributed by atoms with Gasteiger partial charge in [-0.3, -0.25) is 9.69 Å². The van der Waals surface area contributed by atoms with Crippen molar-refractivity contribution in [3.05, 3.63) is 100 Å². The zero-order chi connectivity index (χ0) is 29.0. The lowest BCUT2D eigenvalue weighted by molar-refractivity contribution is 0.0780. The molecule has 0 spiro atoms. The molecular weight excluding hydrogens is 528 g/mol. The van der Waals surface area contributed by atoms with E-state index in [0.717, 1.165) is 59.7 Å². The Morgan fingerprint density at radius 3 is 2.43 bits per heavy atom. The summed E-state index contributed by atoms with van der Waals surface area (Å²) in [5.41, 5.74) is 6.42. The molecule has 1 atom stereocenters. The zero-order valence-corrected chi connectivity index (χ0v) is 24.4. The Morgan fingerprint density at radius 1 is 0.833 bits per heavy atom. The fourth-order valence-electron chi connectivity index (χ4n) is 6.22. The first-order chi connectivity index (χ1) is 20.4. The van der Waals surface area contributed by atoms with E-state index in [1.807, 2.05) is 62.5 Å². The van der Waals surface area contributed by atoms with Crippen LogP contribution >= 0.6 is 0 Å². The number of hydrogen-bond donors (Lipinski definition) is 0. The maximum Gasteiger partial charge on any atom is 0.254 e. The molecule has 0 aliphatic carbocycles. The SMILES string of the molecule is COc1ccc(C)cc1Oc1ccc(CC2c3c(ccc4c3Oc3cc5c(cc3O4)CCN(C)C5=O)CCN2C)cc1. The number of aryl methyl sites for hydroxylation is 1. The average Bonchev–Trinajstić information content (AvgIpc) is 2.99. The third-order valence-corrected chi connectivity index (χ3v) is 8.64. The minimum atomic E-state index is 0.0226. The molecule has 3 heterocycles. The quantitative estimate of drug-likeness (QED) is 0.228. The van der Waals surface area contributed by atoms with Crippen LogP contribution in [0, 0.1) is 6.92 Å². The van der Waals surface area contributed by atoms with E-state index in [1.54, 1.807) is 12.0 Å². The predicted octanol–water partition coefficient (Wildman–Crippen LogP) is 7.09. The van der Waals surface area contributed by atoms with Gasteiger partial charge in [0, 0.05) is 37.3 Å². The van der Waals surface area contributed by atoms with Crippen molar-refractivity contribution in [3.8, 4) is 40.2 Å². The summed E-state index contributed by atoms with van der Waals surface area (Å²) in [6.45, 7) is 3.69. The van der Waals surface area contributed by atoms with Gasteiger partial charge in [-0.15, -0.1) is 0 Å². The number of carbonyl (C=O) groups is 1. The van der Waals surface area contributed by atoms with E-state index in [1.165, 1.54) is 11.1 Å². The van der Waals surface area contributed by atoms with Crippen LogP contribution in [-0.2, 0) is 19.3 Å². The number of methoxy groups -OCH3 is 1. The molecule has 0 bridgehead atoms. The molecule has 214 valence electrons. The molecule has 0 radical (unpaired) electrons. The molecule has 7 rings (SSSR count). The lowest BCUT2D eigenvalue weighted by Crippen LogP contribution is -2.34. The maximum absolute atomic E-state index is 12.9. The molecule has 0 fully saturated rings. The maximum atomic E-state index is 12.9. The first kappa shape index (κ1) is 26.4. The summed E-state index contributed by atoms with van der Waals surface area (Å²) in [7, 11) is 5.65. The molecule has 42 heavy (non-hydrogen) atoms. The highest BCUT2D eigenvalue weighted by molar-refractivity contribution is 5.97. The summed E-state index contributed by atoms with van der Waals surface area (Å²) in [6, 6.07) is 22.3. The van der Waals surface area contributed by atoms with Gasteiger partial charge in [0.05, 0.1) is 7.11 Å². The van der Waals surface area contributed by atoms with Crippen molar-refractivity contribution < 1.29 is 23.7 Å². The first-order valence-corrected chi connectivity index (χ1v) is 14.4. The molecule has 7 nitrogen and oxygen atoms in total. The average molecular weight is 563 g/mol. The Morgan fingerprint density at radius 2 is 1.62 bits per heavy atom. The fourth-order valence-corrected chi connectivity index (χ4v) is 6.22. The van der Waals surface area contributed by atoms with Gasteiger partial charge in [-0.1, -0.05) is 24.3 Å². The van der Waals surface area contributed by atoms with Gasteiger partial charge in [0.15, 0.2) is 34.5 Å². The fraction of sp³-hybridized carbons (Fsp3) is 0.286. The van der Waals surface area contributed by atoms with Gasteiger partial charge in [0.25, 0.3) is 5.91 Å². The van der Waals surface area contributed by atoms with Crippen LogP contribution in [0.15, 0.2) is 66.7 Å². The number of likely N-dealkylation sites (N-methyl/N-ethyl adjacent to an activating group) is 2. The van der Waals surface area contributed by atoms with Crippen molar-refractivity contribution in [1.82, 2.24) is 9.80 Å². The number of rotatable bonds is 5. The largest absolute Gasteiger partial charge is 0.493 e. The van der Waals surface area contributed by atoms with Crippen LogP contribution in [0.1, 0.15) is 44.2 Å². The van der Waals surface area contributed by atoms with E-state index < -0.39 is 0 Å². The van der Waals surface area contributed by atoms with E-state index in [0.29, 0.717) is 35.1 Å². The molecule has 1 amide bonds. The van der Waals surface area contributed by atoms with E-state index in [4.69, 9.17) is 18.9 Å². The van der Waals surface area contributed by atoms with Crippen LogP contribution in [-0.4, -0.2) is 50.0 Å². The number of nitrogens with zero attached hydrogens (tertiary/aromatic N) is 2. The lowest BCUT2D eigenvalue weighted by atomic mass is 9.87. The number of ether oxygens (including phenoxy) is 4. The number of fused-ring (bicyclic) bond motifs is 5. The van der Waals surface area contributed by atoms with Crippen molar-refractivity contribution in [3.63, 3.8) is 0 Å². The summed E-state index contributed by atoms with van der Waals surface area (Å²) < 4.78 is 24.7. The topological polar surface area (TPSA) is 60.5 Å². The summed E-state index contributed by atoms with van der Waals surface area (Å²) in [4.78, 5) is 17.0. The van der Waals surface area contributed by atoms with E-state index in [-0.39, 0.29) is 11.9 Å². The highest BCUT2D eigenvalue weighted by Crippen LogP contribution is 2.52. The van der Waals surface area contributed by atoms with Crippen LogP contribution in [0.3, 0.4) is 0 Å². The Bertz CT molecular complexity index is 1700. The smallest absolute Gasteiger partial charge is 0.254 e. The second kappa shape index (κ2) is 10.4. The van der Waals surface area contributed by atoms with Gasteiger partial charge in [-0.2, -0.15) is 0 Å². The highest BCUT2D eigenvalue weighted by Gasteiger charge is 2.34. The molecule has 0 saturated carbocycles. The summed E-state index contributed by atoms with van der Waals surface area (Å²) in [5.74, 6) is 4.92. The highest BCUT2D eigenvalue weighted by atomic mass is 16.6. The van der Waals surface area contributed by atoms with Gasteiger partial charge < -0.3 is 23.8 Å². The third-order valence-electron chi connectivity index (χ3n) is 8.64. The van der Waals surface area contributed by atoms with Crippen molar-refractivity contribution >= 4 is 5.91 Å². The molecule has 0 aromatic heterocycles. The number of hydrogen-bond acceptors (Lipinski definition) is 6. The zero-order valence-electron chi connectivity index (χ0n) is 24.4. The second-order valence-corrected chi connectivity index (χ2v) is 11.5. The van der Waals surface area contributed by atoms with Gasteiger partial charge in [-0.05, 0) is 98.0 Å². The van der Waals surface area contributed by atoms with Crippen LogP contribution in [0.4, 0.5) is 0 Å². The van der Waals surface area contributed by atoms with Crippen LogP contribution in [0.2, 0.25) is 0 Å². The molecule has 4 aromatic rings. The Hall–Kier alpha value is -4.49. The number of benzene rings is 4. The Balaban J connectivity index is 1.17. The van der Waals surface area contributed by atoms with E-state index in [2.05, 4.69) is 30.1 Å². The minimum Gasteiger partial charge on any atom is -0.493 e. The van der Waals surface area contributed by atoms with Gasteiger partial charge >= 0.3 is 0 Å². The standard InChI is InChI=1S/C35H34N2O5/c1-21-5-11-28(39-4)30(17-21)40-25-9-6-22(7-10-25)18-27-33-23(13-15-36(27)2)8-12-29-34(33)42-32-20-26-24(19-31(32)41-29)14-16-37(3)35(26)38/h5-12,17,19-20,27H,13-16,18H2,1-4H3. The normalized spacial score (nSPS) is 17.3. The molecule has 3 aliphatic rings. The second-order valence-electron chi connectivity index (χ2n) is 11.5. The molecule has 7 heteroatoms. The number of carbonyl (C=O) groups excluding carboxylic acids is 1. The molecule has 3 aliphatic heterocycles. The van der Waals surface area contributed by atoms with Crippen LogP contribution in [0.5, 0.6) is 40.2 Å². The van der Waals surface area contributed by atoms with Gasteiger partial charge in [-0.25, -0.2) is 0 Å². The van der Waals surface area contributed by atoms with Crippen LogP contribution < -0.4 is 18.9 Å². The molecular formula is C35H34N2O5. The van der Waals surface area contributed by atoms with Gasteiger partial charge in [0.2, 0.25) is 0 Å². The van der Waals surface area contributed by atoms with Crippen molar-refractivity contribution in [2.24, 2.45) is 0 Å². The Labute approximate surface area is 246 Å². The third kappa shape index (κ3) is 4.64. The molecule has 4 aromatic carbocycles. The van der Waals surface area contributed by atoms with Crippen molar-refractivity contribution in [2.75, 3.05) is 34.3 Å². The van der Waals surface area contributed by atoms with Crippen molar-refractivity contribution in [1.29, 1.82) is 0 Å². The lowest BCUT2D eigenvalue weighted by Gasteiger charge is -2.37. The van der Waals surface area contributed by atoms with E-state index in [9.17, 15) is 4.79 Å². The van der Waals surface area contributed by atoms with Crippen LogP contribution in [0.25, 0.3) is 0 Å². The first-order valence-electron chi connectivity index (χ1n) is 14.4. The predicted molar refractivity (Wildman–Crippen MR) is 161 cm³/mol. The molecule has 0 saturated heterocycles. The molecule has 0 N–H and O–H groups in total. The minimum absolute atomic E-state index is 0.0226. The summed E-state index contributed by atoms with van der Waals surface area (Å²) in [5, 5.41) is 0. The number of amides is 1. The Kier molecular flexibility index (Phi) is 6.54. The molecule has 1 unspecified atom stereocenters.